The number of hydrogen-bond donors (Lipinski definition) is 7. The van der Waals surface area contributed by atoms with Crippen LogP contribution >= 0.6 is 34.8 Å². The molecule has 0 unspecified atom stereocenters. The minimum absolute atomic E-state index is 0.0336. The van der Waals surface area contributed by atoms with Gasteiger partial charge in [-0.3, -0.25) is 40.1 Å². The summed E-state index contributed by atoms with van der Waals surface area (Å²) < 4.78 is 163. The minimum Gasteiger partial charge on any atom is -0.438 e. The van der Waals surface area contributed by atoms with Crippen molar-refractivity contribution in [2.45, 2.75) is 204 Å². The van der Waals surface area contributed by atoms with E-state index in [4.69, 9.17) is 85.2 Å². The number of ether oxygens (including phenoxy) is 7. The van der Waals surface area contributed by atoms with E-state index in [-0.39, 0.29) is 96.3 Å². The highest BCUT2D eigenvalue weighted by Gasteiger charge is 2.51. The molecule has 6 saturated heterocycles. The summed E-state index contributed by atoms with van der Waals surface area (Å²) in [6.07, 6.45) is -15.6. The van der Waals surface area contributed by atoms with Crippen molar-refractivity contribution in [1.82, 2.24) is 44.5 Å². The van der Waals surface area contributed by atoms with Crippen molar-refractivity contribution in [3.63, 3.8) is 0 Å². The first kappa shape index (κ1) is 111. The third kappa shape index (κ3) is 28.3. The lowest BCUT2D eigenvalue weighted by atomic mass is 9.82. The van der Waals surface area contributed by atoms with Gasteiger partial charge in [0.05, 0.1) is 79.1 Å². The molecule has 10 N–H and O–H groups in total. The Morgan fingerprint density at radius 2 is 0.775 bits per heavy atom. The van der Waals surface area contributed by atoms with Crippen molar-refractivity contribution >= 4 is 123 Å². The number of benzene rings is 6. The Morgan fingerprint density at radius 1 is 0.444 bits per heavy atom. The number of morpholine rings is 1. The van der Waals surface area contributed by atoms with Gasteiger partial charge < -0.3 is 85.1 Å². The zero-order valence-corrected chi connectivity index (χ0v) is 83.2. The summed E-state index contributed by atoms with van der Waals surface area (Å²) >= 11 is 18.1. The second kappa shape index (κ2) is 49.4. The Morgan fingerprint density at radius 3 is 1.11 bits per heavy atom. The van der Waals surface area contributed by atoms with Crippen LogP contribution in [0.4, 0.5) is 102 Å². The fourth-order valence-corrected chi connectivity index (χ4v) is 19.6. The number of carbonyl (C=O) groups excluding carboxylic acids is 9. The second-order valence-electron chi connectivity index (χ2n) is 35.9. The lowest BCUT2D eigenvalue weighted by Crippen LogP contribution is -2.54. The molecule has 142 heavy (non-hydrogen) atoms. The molecule has 7 fully saturated rings. The van der Waals surface area contributed by atoms with Crippen LogP contribution in [0.1, 0.15) is 175 Å². The van der Waals surface area contributed by atoms with Crippen LogP contribution in [-0.2, 0) is 102 Å². The Bertz CT molecular complexity index is 5370. The number of piperazine rings is 1. The number of nitrogens with zero attached hydrogens (tertiary/aromatic N) is 8. The van der Waals surface area contributed by atoms with Crippen molar-refractivity contribution in [1.29, 1.82) is 0 Å². The molecule has 9 amide bonds. The molecule has 6 aromatic rings. The van der Waals surface area contributed by atoms with Gasteiger partial charge in [0.1, 0.15) is 16.8 Å². The smallest absolute Gasteiger partial charge is 0.418 e. The van der Waals surface area contributed by atoms with Crippen LogP contribution in [0.15, 0.2) is 109 Å². The molecular formula is C99H127Cl3F9N15O16. The van der Waals surface area contributed by atoms with Crippen LogP contribution in [0.25, 0.3) is 0 Å². The first-order valence-corrected chi connectivity index (χ1v) is 49.4. The van der Waals surface area contributed by atoms with Gasteiger partial charge in [-0.1, -0.05) is 137 Å². The standard InChI is InChI=1S/C32H37ClF3N5O6.C31H35ClF3N5O5.C30H37ClF3N5O5.3C2H6/c33-24-18-20(17-23(27(24)37)32(34,35)36)19-26(28(42)40-9-5-21(6-10-40)39-13-15-45-16-14-39)46-30(44)41-11-7-31(8-12-41)22-3-1-2-4-25(22)38-29(43)47-31;32-23-16-20(15-22(26(23)36)31(33,34)35)17-25(27(41)39-13-11-38(12-14-39)18-19-5-6-19)44-29(43)40-9-7-30(8-10-40)21-3-1-2-4-24(21)37-28(42)45-30;1-38(2)13-7-3-6-12-36-26(40)24(18-19-16-21(30(32,33)34)25(35)22(31)17-19)43-28(42)39-14-10-29(11-15-39)20-8-4-5-9-23(20)37-27(41)44-29;3*1-2/h1-4,17-18,21,26H,5-16,19,37H2,(H,38,43);1-4,15-16,19,25H,5-14,17-18,36H2,(H,37,42);4-5,8-9,16-17,24H,3,6-7,10-15,18,35H2,1-2H3,(H,36,40)(H,37,41);3*1-2H3/t26-;25-;24-;;;/m111.../s1. The van der Waals surface area contributed by atoms with Gasteiger partial charge in [0, 0.05) is 185 Å². The van der Waals surface area contributed by atoms with Crippen LogP contribution in [0.3, 0.4) is 0 Å². The summed E-state index contributed by atoms with van der Waals surface area (Å²) in [6.45, 7) is 21.1. The monoisotopic (exact) mass is 2060 g/mol. The number of alkyl halides is 9. The number of halogens is 12. The zero-order chi connectivity index (χ0) is 103. The Hall–Kier alpha value is -11.2. The van der Waals surface area contributed by atoms with Gasteiger partial charge in [-0.2, -0.15) is 39.5 Å². The number of carbonyl (C=O) groups is 9. The number of unbranched alkanes of at least 4 members (excludes halogenated alkanes) is 2. The zero-order valence-electron chi connectivity index (χ0n) is 80.9. The van der Waals surface area contributed by atoms with E-state index in [1.807, 2.05) is 92.0 Å². The maximum Gasteiger partial charge on any atom is 0.418 e. The summed E-state index contributed by atoms with van der Waals surface area (Å²) in [6, 6.07) is 28.4. The fraction of sp³-hybridized carbons (Fsp3) is 0.545. The predicted octanol–water partition coefficient (Wildman–Crippen LogP) is 18.4. The molecule has 778 valence electrons. The summed E-state index contributed by atoms with van der Waals surface area (Å²) in [4.78, 5) is 132. The highest BCUT2D eigenvalue weighted by molar-refractivity contribution is 6.34. The van der Waals surface area contributed by atoms with Crippen LogP contribution in [0.2, 0.25) is 15.1 Å². The molecule has 0 aromatic heterocycles. The third-order valence-electron chi connectivity index (χ3n) is 26.5. The van der Waals surface area contributed by atoms with E-state index in [1.54, 1.807) is 46.2 Å². The van der Waals surface area contributed by atoms with Crippen LogP contribution < -0.4 is 38.5 Å². The first-order chi connectivity index (χ1) is 67.6. The maximum absolute atomic E-state index is 13.9. The molecule has 16 rings (SSSR count). The van der Waals surface area contributed by atoms with E-state index in [0.29, 0.717) is 140 Å². The normalized spacial score (nSPS) is 18.8. The number of rotatable bonds is 21. The van der Waals surface area contributed by atoms with E-state index in [0.717, 1.165) is 73.9 Å². The number of para-hydroxylation sites is 3. The average molecular weight is 2060 g/mol. The Labute approximate surface area is 835 Å². The van der Waals surface area contributed by atoms with E-state index in [2.05, 4.69) is 36.0 Å². The molecule has 10 aliphatic rings. The molecule has 43 heteroatoms. The van der Waals surface area contributed by atoms with Crippen molar-refractivity contribution in [3.05, 3.63) is 174 Å². The number of likely N-dealkylation sites (tertiary alicyclic amines) is 4. The van der Waals surface area contributed by atoms with Gasteiger partial charge in [-0.25, -0.2) is 28.8 Å². The number of hydrogen-bond acceptors (Lipinski definition) is 22. The number of nitrogens with one attached hydrogen (secondary N) is 4. The van der Waals surface area contributed by atoms with E-state index < -0.39 is 142 Å². The van der Waals surface area contributed by atoms with Crippen molar-refractivity contribution in [3.8, 4) is 0 Å². The summed E-state index contributed by atoms with van der Waals surface area (Å²) in [7, 11) is 3.93. The van der Waals surface area contributed by atoms with Gasteiger partial charge in [0.2, 0.25) is 0 Å². The highest BCUT2D eigenvalue weighted by atomic mass is 35.5. The summed E-state index contributed by atoms with van der Waals surface area (Å²) in [5.41, 5.74) is 13.3. The maximum atomic E-state index is 13.9. The second-order valence-corrected chi connectivity index (χ2v) is 37.1. The van der Waals surface area contributed by atoms with Crippen LogP contribution in [0.5, 0.6) is 0 Å². The lowest BCUT2D eigenvalue weighted by molar-refractivity contribution is -0.143. The molecule has 3 atom stereocenters. The van der Waals surface area contributed by atoms with Crippen molar-refractivity contribution < 1.29 is 116 Å². The lowest BCUT2D eigenvalue weighted by Gasteiger charge is -2.44. The SMILES string of the molecule is CC.CC.CC.CN(C)CCCCCNC(=O)[C@@H](Cc1cc(Cl)c(N)c(C(F)(F)F)c1)OC(=O)N1CCC2(CC1)OC(=O)Nc1ccccc12.Nc1c(Cl)cc(C[C@@H](OC(=O)N2CCC3(CC2)OC(=O)Nc2ccccc23)C(=O)N2CCC(N3CCOCC3)CC2)cc1C(F)(F)F.Nc1c(Cl)cc(C[C@@H](OC(=O)N2CCC3(CC2)OC(=O)Nc2ccccc23)C(=O)N2CCN(CC3CC3)CC2)cc1C(F)(F)F. The molecule has 6 aromatic carbocycles. The number of nitrogen functional groups attached to an aromatic ring is 3. The fourth-order valence-electron chi connectivity index (χ4n) is 18.9. The largest absolute Gasteiger partial charge is 0.438 e. The first-order valence-electron chi connectivity index (χ1n) is 48.3. The van der Waals surface area contributed by atoms with Crippen molar-refractivity contribution in [2.24, 2.45) is 5.92 Å². The molecule has 1 saturated carbocycles. The summed E-state index contributed by atoms with van der Waals surface area (Å²) in [5, 5.41) is 9.88. The average Bonchev–Trinajstić information content (AvgIpc) is 0.858. The van der Waals surface area contributed by atoms with E-state index >= 15 is 0 Å². The molecule has 31 nitrogen and oxygen atoms in total. The number of piperidine rings is 4. The molecule has 0 radical (unpaired) electrons. The van der Waals surface area contributed by atoms with Gasteiger partial charge in [-0.15, -0.1) is 0 Å². The topological polar surface area (TPSA) is 370 Å². The molecular weight excluding hydrogens is 1930 g/mol. The van der Waals surface area contributed by atoms with Gasteiger partial charge in [-0.05, 0) is 136 Å². The molecule has 9 aliphatic heterocycles. The van der Waals surface area contributed by atoms with Crippen LogP contribution in [0, 0.1) is 5.92 Å². The number of fused-ring (bicyclic) bond motifs is 6. The van der Waals surface area contributed by atoms with Gasteiger partial charge in [0.25, 0.3) is 17.7 Å². The molecule has 9 heterocycles. The third-order valence-corrected chi connectivity index (χ3v) is 27.4. The quantitative estimate of drug-likeness (QED) is 0.0152. The van der Waals surface area contributed by atoms with Crippen molar-refractivity contribution in [2.75, 3.05) is 172 Å². The molecule has 1 aliphatic carbocycles. The number of amides is 9. The van der Waals surface area contributed by atoms with E-state index in [1.165, 1.54) is 45.7 Å². The predicted molar refractivity (Wildman–Crippen MR) is 519 cm³/mol. The van der Waals surface area contributed by atoms with Gasteiger partial charge in [0.15, 0.2) is 18.3 Å². The number of anilines is 6. The minimum atomic E-state index is -4.78. The summed E-state index contributed by atoms with van der Waals surface area (Å²) in [5.74, 6) is -0.910. The van der Waals surface area contributed by atoms with Crippen LogP contribution in [-0.4, -0.2) is 256 Å². The molecule has 3 spiro atoms. The molecule has 0 bridgehead atoms. The number of nitrogens with two attached hydrogens (primary N) is 3. The Balaban J connectivity index is 0.000000198. The highest BCUT2D eigenvalue weighted by Crippen LogP contribution is 2.49. The van der Waals surface area contributed by atoms with Gasteiger partial charge >= 0.3 is 55.1 Å². The Kier molecular flexibility index (Phi) is 38.7. The van der Waals surface area contributed by atoms with E-state index in [9.17, 15) is 82.7 Å².